The number of para-hydroxylation sites is 1. The first kappa shape index (κ1) is 15.2. The third-order valence-corrected chi connectivity index (χ3v) is 3.21. The number of anilines is 1. The number of hydrogen-bond donors (Lipinski definition) is 1. The van der Waals surface area contributed by atoms with Gasteiger partial charge in [0, 0.05) is 24.0 Å². The van der Waals surface area contributed by atoms with Crippen LogP contribution in [-0.4, -0.2) is 11.9 Å². The molecule has 0 radical (unpaired) electrons. The summed E-state index contributed by atoms with van der Waals surface area (Å²) in [6, 6.07) is 7.48. The van der Waals surface area contributed by atoms with Gasteiger partial charge < -0.3 is 15.2 Å². The Bertz CT molecular complexity index is 454. The minimum absolute atomic E-state index is 0.0312. The van der Waals surface area contributed by atoms with E-state index in [1.54, 1.807) is 0 Å². The van der Waals surface area contributed by atoms with E-state index in [-0.39, 0.29) is 18.2 Å². The van der Waals surface area contributed by atoms with Gasteiger partial charge in [0.2, 0.25) is 5.91 Å². The van der Waals surface area contributed by atoms with E-state index in [0.717, 1.165) is 11.3 Å². The number of benzene rings is 1. The van der Waals surface area contributed by atoms with Gasteiger partial charge in [-0.15, -0.1) is 0 Å². The molecule has 4 nitrogen and oxygen atoms in total. The molecule has 0 spiro atoms. The Morgan fingerprint density at radius 3 is 2.42 bits per heavy atom. The number of carbonyl (C=O) groups excluding carboxylic acids is 2. The van der Waals surface area contributed by atoms with E-state index in [4.69, 9.17) is 0 Å². The number of aliphatic carboxylic acids is 1. The molecule has 0 saturated heterocycles. The van der Waals surface area contributed by atoms with Crippen LogP contribution in [0.15, 0.2) is 24.3 Å². The molecule has 0 aromatic heterocycles. The fraction of sp³-hybridized carbons (Fsp3) is 0.467. The molecular formula is C15H20NO3-. The van der Waals surface area contributed by atoms with Crippen molar-refractivity contribution in [3.63, 3.8) is 0 Å². The predicted octanol–water partition coefficient (Wildman–Crippen LogP) is 1.74. The largest absolute Gasteiger partial charge is 0.550 e. The highest BCUT2D eigenvalue weighted by Crippen LogP contribution is 2.18. The predicted molar refractivity (Wildman–Crippen MR) is 72.4 cm³/mol. The average Bonchev–Trinajstić information content (AvgIpc) is 2.31. The molecule has 104 valence electrons. The first-order valence-corrected chi connectivity index (χ1v) is 6.48. The fourth-order valence-corrected chi connectivity index (χ4v) is 1.94. The molecule has 1 aromatic carbocycles. The lowest BCUT2D eigenvalue weighted by Gasteiger charge is -2.21. The highest BCUT2D eigenvalue weighted by molar-refractivity contribution is 5.91. The Labute approximate surface area is 113 Å². The van der Waals surface area contributed by atoms with E-state index in [1.165, 1.54) is 0 Å². The van der Waals surface area contributed by atoms with Gasteiger partial charge in [0.1, 0.15) is 0 Å². The summed E-state index contributed by atoms with van der Waals surface area (Å²) in [4.78, 5) is 22.7. The molecule has 0 aliphatic rings. The molecule has 1 atom stereocenters. The third kappa shape index (κ3) is 4.73. The molecule has 1 N–H and O–H groups in total. The van der Waals surface area contributed by atoms with Crippen molar-refractivity contribution in [2.75, 3.05) is 5.32 Å². The molecule has 4 heteroatoms. The van der Waals surface area contributed by atoms with Crippen LogP contribution in [0.2, 0.25) is 0 Å². The molecule has 0 saturated carbocycles. The summed E-state index contributed by atoms with van der Waals surface area (Å²) in [6.07, 6.45) is 0.489. The zero-order valence-corrected chi connectivity index (χ0v) is 11.6. The van der Waals surface area contributed by atoms with E-state index in [9.17, 15) is 14.7 Å². The van der Waals surface area contributed by atoms with Crippen molar-refractivity contribution in [2.24, 2.45) is 11.8 Å². The fourth-order valence-electron chi connectivity index (χ4n) is 1.94. The van der Waals surface area contributed by atoms with Crippen LogP contribution in [0.25, 0.3) is 0 Å². The van der Waals surface area contributed by atoms with Crippen LogP contribution < -0.4 is 10.4 Å². The Morgan fingerprint density at radius 1 is 1.26 bits per heavy atom. The smallest absolute Gasteiger partial charge is 0.224 e. The lowest BCUT2D eigenvalue weighted by molar-refractivity contribution is -0.313. The van der Waals surface area contributed by atoms with E-state index >= 15 is 0 Å². The molecule has 0 unspecified atom stereocenters. The maximum Gasteiger partial charge on any atom is 0.224 e. The number of amides is 1. The van der Waals surface area contributed by atoms with E-state index in [2.05, 4.69) is 5.32 Å². The second-order valence-corrected chi connectivity index (χ2v) is 5.07. The topological polar surface area (TPSA) is 69.2 Å². The number of carboxylic acid groups (broad SMARTS) is 1. The number of aryl methyl sites for hydroxylation is 1. The van der Waals surface area contributed by atoms with Gasteiger partial charge in [-0.3, -0.25) is 4.79 Å². The maximum absolute atomic E-state index is 11.8. The van der Waals surface area contributed by atoms with Crippen LogP contribution in [0.5, 0.6) is 0 Å². The monoisotopic (exact) mass is 262 g/mol. The lowest BCUT2D eigenvalue weighted by Crippen LogP contribution is -2.35. The van der Waals surface area contributed by atoms with Gasteiger partial charge in [-0.1, -0.05) is 32.0 Å². The summed E-state index contributed by atoms with van der Waals surface area (Å²) in [5.41, 5.74) is 1.75. The molecule has 1 rings (SSSR count). The molecule has 19 heavy (non-hydrogen) atoms. The summed E-state index contributed by atoms with van der Waals surface area (Å²) in [6.45, 7) is 5.55. The van der Waals surface area contributed by atoms with Crippen LogP contribution in [0, 0.1) is 18.8 Å². The Kier molecular flexibility index (Phi) is 5.55. The summed E-state index contributed by atoms with van der Waals surface area (Å²) in [5, 5.41) is 13.7. The molecule has 0 aliphatic carbocycles. The minimum Gasteiger partial charge on any atom is -0.550 e. The van der Waals surface area contributed by atoms with Crippen molar-refractivity contribution < 1.29 is 14.7 Å². The quantitative estimate of drug-likeness (QED) is 0.849. The number of rotatable bonds is 6. The van der Waals surface area contributed by atoms with Crippen molar-refractivity contribution in [1.29, 1.82) is 0 Å². The Balaban J connectivity index is 2.52. The number of carboxylic acids is 1. The van der Waals surface area contributed by atoms with Gasteiger partial charge in [0.15, 0.2) is 0 Å². The van der Waals surface area contributed by atoms with Gasteiger partial charge in [-0.2, -0.15) is 0 Å². The van der Waals surface area contributed by atoms with Crippen molar-refractivity contribution >= 4 is 17.6 Å². The zero-order chi connectivity index (χ0) is 14.4. The zero-order valence-electron chi connectivity index (χ0n) is 11.6. The molecule has 1 aromatic rings. The first-order valence-electron chi connectivity index (χ1n) is 6.48. The van der Waals surface area contributed by atoms with E-state index in [1.807, 2.05) is 45.0 Å². The molecule has 0 aliphatic heterocycles. The van der Waals surface area contributed by atoms with Crippen molar-refractivity contribution in [2.45, 2.75) is 33.6 Å². The molecular weight excluding hydrogens is 242 g/mol. The average molecular weight is 262 g/mol. The van der Waals surface area contributed by atoms with Gasteiger partial charge >= 0.3 is 0 Å². The Morgan fingerprint density at radius 2 is 1.89 bits per heavy atom. The van der Waals surface area contributed by atoms with Crippen molar-refractivity contribution in [3.8, 4) is 0 Å². The van der Waals surface area contributed by atoms with Crippen LogP contribution in [0.3, 0.4) is 0 Å². The van der Waals surface area contributed by atoms with Crippen molar-refractivity contribution in [1.82, 2.24) is 0 Å². The third-order valence-electron chi connectivity index (χ3n) is 3.21. The maximum atomic E-state index is 11.8. The van der Waals surface area contributed by atoms with Gasteiger partial charge in [0.25, 0.3) is 0 Å². The first-order chi connectivity index (χ1) is 8.91. The SMILES string of the molecule is Cc1ccccc1NC(=O)CC[C@H](C(=O)[O-])C(C)C. The normalized spacial score (nSPS) is 12.2. The van der Waals surface area contributed by atoms with Crippen LogP contribution in [0.4, 0.5) is 5.69 Å². The highest BCUT2D eigenvalue weighted by atomic mass is 16.4. The van der Waals surface area contributed by atoms with Crippen LogP contribution in [-0.2, 0) is 9.59 Å². The van der Waals surface area contributed by atoms with Gasteiger partial charge in [0.05, 0.1) is 0 Å². The van der Waals surface area contributed by atoms with E-state index < -0.39 is 11.9 Å². The molecule has 0 heterocycles. The summed E-state index contributed by atoms with van der Waals surface area (Å²) in [5.74, 6) is -1.86. The van der Waals surface area contributed by atoms with Crippen LogP contribution in [0.1, 0.15) is 32.3 Å². The number of hydrogen-bond acceptors (Lipinski definition) is 3. The molecule has 0 bridgehead atoms. The second-order valence-electron chi connectivity index (χ2n) is 5.07. The minimum atomic E-state index is -1.08. The van der Waals surface area contributed by atoms with Gasteiger partial charge in [-0.25, -0.2) is 0 Å². The standard InChI is InChI=1S/C15H21NO3/c1-10(2)12(15(18)19)8-9-14(17)16-13-7-5-4-6-11(13)3/h4-7,10,12H,8-9H2,1-3H3,(H,16,17)(H,18,19)/p-1/t12-/m0/s1. The highest BCUT2D eigenvalue weighted by Gasteiger charge is 2.16. The molecule has 0 fully saturated rings. The summed E-state index contributed by atoms with van der Waals surface area (Å²) < 4.78 is 0. The molecule has 1 amide bonds. The second kappa shape index (κ2) is 6.92. The summed E-state index contributed by atoms with van der Waals surface area (Å²) in [7, 11) is 0. The van der Waals surface area contributed by atoms with Crippen molar-refractivity contribution in [3.05, 3.63) is 29.8 Å². The van der Waals surface area contributed by atoms with E-state index in [0.29, 0.717) is 6.42 Å². The van der Waals surface area contributed by atoms with Gasteiger partial charge in [-0.05, 0) is 30.9 Å². The Hall–Kier alpha value is -1.84. The number of nitrogens with one attached hydrogen (secondary N) is 1. The lowest BCUT2D eigenvalue weighted by atomic mass is 9.91. The van der Waals surface area contributed by atoms with Crippen LogP contribution >= 0.6 is 0 Å². The number of carbonyl (C=O) groups is 2. The summed E-state index contributed by atoms with van der Waals surface area (Å²) >= 11 is 0.